The van der Waals surface area contributed by atoms with Crippen molar-refractivity contribution in [2.45, 2.75) is 20.8 Å². The third kappa shape index (κ3) is 3.90. The number of rotatable bonds is 5. The van der Waals surface area contributed by atoms with Crippen LogP contribution in [0.15, 0.2) is 51.4 Å². The highest BCUT2D eigenvalue weighted by molar-refractivity contribution is 9.10. The lowest BCUT2D eigenvalue weighted by Gasteiger charge is -2.09. The number of hydrogen-bond donors (Lipinski definition) is 0. The second-order valence-corrected chi connectivity index (χ2v) is 7.10. The van der Waals surface area contributed by atoms with Crippen LogP contribution in [0.3, 0.4) is 0 Å². The largest absolute Gasteiger partial charge is 0.462 e. The zero-order valence-corrected chi connectivity index (χ0v) is 16.8. The molecule has 140 valence electrons. The minimum atomic E-state index is -0.487. The third-order valence-electron chi connectivity index (χ3n) is 3.94. The zero-order valence-electron chi connectivity index (χ0n) is 15.2. The van der Waals surface area contributed by atoms with Gasteiger partial charge in [-0.3, -0.25) is 4.79 Å². The number of esters is 2. The molecule has 0 unspecified atom stereocenters. The summed E-state index contributed by atoms with van der Waals surface area (Å²) >= 11 is 3.40. The molecule has 6 heteroatoms. The molecule has 2 aromatic carbocycles. The number of furan rings is 1. The molecule has 0 aliphatic heterocycles. The van der Waals surface area contributed by atoms with E-state index in [0.29, 0.717) is 32.5 Å². The monoisotopic (exact) mass is 430 g/mol. The molecular formula is C21H19BrO5. The van der Waals surface area contributed by atoms with Crippen molar-refractivity contribution in [2.75, 3.05) is 6.61 Å². The number of carbonyl (C=O) groups excluding carboxylic acids is 2. The normalized spacial score (nSPS) is 11.0. The van der Waals surface area contributed by atoms with E-state index < -0.39 is 5.97 Å². The summed E-state index contributed by atoms with van der Waals surface area (Å²) < 4.78 is 17.2. The van der Waals surface area contributed by atoms with E-state index in [1.807, 2.05) is 30.3 Å². The molecule has 0 N–H and O–H groups in total. The van der Waals surface area contributed by atoms with E-state index in [1.54, 1.807) is 32.9 Å². The van der Waals surface area contributed by atoms with Gasteiger partial charge in [0.1, 0.15) is 22.7 Å². The Morgan fingerprint density at radius 1 is 1.15 bits per heavy atom. The number of halogens is 1. The van der Waals surface area contributed by atoms with Crippen LogP contribution in [0.2, 0.25) is 0 Å². The number of fused-ring (bicyclic) bond motifs is 1. The second kappa shape index (κ2) is 7.96. The molecule has 3 rings (SSSR count). The Labute approximate surface area is 165 Å². The van der Waals surface area contributed by atoms with Crippen molar-refractivity contribution in [1.29, 1.82) is 0 Å². The zero-order chi connectivity index (χ0) is 19.6. The van der Waals surface area contributed by atoms with E-state index >= 15 is 0 Å². The highest BCUT2D eigenvalue weighted by atomic mass is 79.9. The average Bonchev–Trinajstić information content (AvgIpc) is 3.01. The van der Waals surface area contributed by atoms with Gasteiger partial charge in [-0.2, -0.15) is 0 Å². The average molecular weight is 431 g/mol. The Hall–Kier alpha value is -2.60. The van der Waals surface area contributed by atoms with Crippen molar-refractivity contribution in [3.63, 3.8) is 0 Å². The molecule has 0 aliphatic carbocycles. The van der Waals surface area contributed by atoms with Crippen molar-refractivity contribution in [3.05, 3.63) is 52.5 Å². The number of hydrogen-bond acceptors (Lipinski definition) is 5. The van der Waals surface area contributed by atoms with Gasteiger partial charge in [0.15, 0.2) is 0 Å². The van der Waals surface area contributed by atoms with Gasteiger partial charge >= 0.3 is 11.9 Å². The van der Waals surface area contributed by atoms with Gasteiger partial charge in [-0.15, -0.1) is 0 Å². The summed E-state index contributed by atoms with van der Waals surface area (Å²) in [4.78, 5) is 24.6. The second-order valence-electron chi connectivity index (χ2n) is 6.25. The SMILES string of the molecule is CCOC(=O)c1c(-c2ccccc2)oc2cc(Br)c(OC(=O)C(C)C)cc12. The van der Waals surface area contributed by atoms with Crippen molar-refractivity contribution in [2.24, 2.45) is 5.92 Å². The molecule has 3 aromatic rings. The smallest absolute Gasteiger partial charge is 0.342 e. The van der Waals surface area contributed by atoms with Gasteiger partial charge in [0.2, 0.25) is 0 Å². The Morgan fingerprint density at radius 3 is 2.48 bits per heavy atom. The fraction of sp³-hybridized carbons (Fsp3) is 0.238. The Bertz CT molecular complexity index is 989. The van der Waals surface area contributed by atoms with E-state index in [0.717, 1.165) is 5.56 Å². The Balaban J connectivity index is 2.20. The van der Waals surface area contributed by atoms with Gasteiger partial charge in [0.05, 0.1) is 17.0 Å². The summed E-state index contributed by atoms with van der Waals surface area (Å²) in [5, 5.41) is 0.530. The number of ether oxygens (including phenoxy) is 2. The number of carbonyl (C=O) groups is 2. The Kier molecular flexibility index (Phi) is 5.65. The maximum Gasteiger partial charge on any atom is 0.342 e. The van der Waals surface area contributed by atoms with Crippen LogP contribution in [0.4, 0.5) is 0 Å². The molecule has 0 saturated carbocycles. The van der Waals surface area contributed by atoms with Gasteiger partial charge in [-0.1, -0.05) is 44.2 Å². The molecule has 0 bridgehead atoms. The van der Waals surface area contributed by atoms with Gasteiger partial charge in [0.25, 0.3) is 0 Å². The molecule has 0 fully saturated rings. The lowest BCUT2D eigenvalue weighted by molar-refractivity contribution is -0.137. The molecule has 27 heavy (non-hydrogen) atoms. The van der Waals surface area contributed by atoms with Crippen LogP contribution in [-0.2, 0) is 9.53 Å². The minimum absolute atomic E-state index is 0.242. The molecule has 0 spiro atoms. The van der Waals surface area contributed by atoms with Crippen LogP contribution in [0, 0.1) is 5.92 Å². The standard InChI is InChI=1S/C21H19BrO5/c1-4-25-21(24)18-14-10-17(27-20(23)12(2)3)15(22)11-16(14)26-19(18)13-8-6-5-7-9-13/h5-12H,4H2,1-3H3. The molecule has 5 nitrogen and oxygen atoms in total. The maximum absolute atomic E-state index is 12.6. The molecule has 1 heterocycles. The highest BCUT2D eigenvalue weighted by Gasteiger charge is 2.25. The molecule has 1 aromatic heterocycles. The summed E-state index contributed by atoms with van der Waals surface area (Å²) in [6.07, 6.45) is 0. The summed E-state index contributed by atoms with van der Waals surface area (Å²) in [6.45, 7) is 5.49. The molecule has 0 atom stereocenters. The fourth-order valence-electron chi connectivity index (χ4n) is 2.60. The molecule has 0 aliphatic rings. The van der Waals surface area contributed by atoms with E-state index in [1.165, 1.54) is 0 Å². The van der Waals surface area contributed by atoms with Crippen molar-refractivity contribution in [3.8, 4) is 17.1 Å². The predicted molar refractivity (Wildman–Crippen MR) is 106 cm³/mol. The van der Waals surface area contributed by atoms with Crippen LogP contribution in [0.25, 0.3) is 22.3 Å². The predicted octanol–water partition coefficient (Wildman–Crippen LogP) is 5.60. The van der Waals surface area contributed by atoms with Crippen LogP contribution < -0.4 is 4.74 Å². The summed E-state index contributed by atoms with van der Waals surface area (Å²) in [5.41, 5.74) is 1.56. The van der Waals surface area contributed by atoms with Gasteiger partial charge < -0.3 is 13.9 Å². The lowest BCUT2D eigenvalue weighted by atomic mass is 10.1. The maximum atomic E-state index is 12.6. The van der Waals surface area contributed by atoms with E-state index in [-0.39, 0.29) is 18.5 Å². The van der Waals surface area contributed by atoms with Gasteiger partial charge in [-0.25, -0.2) is 4.79 Å². The number of benzene rings is 2. The molecule has 0 saturated heterocycles. The molecular weight excluding hydrogens is 412 g/mol. The highest BCUT2D eigenvalue weighted by Crippen LogP contribution is 2.39. The van der Waals surface area contributed by atoms with E-state index in [9.17, 15) is 9.59 Å². The van der Waals surface area contributed by atoms with Crippen molar-refractivity contribution in [1.82, 2.24) is 0 Å². The van der Waals surface area contributed by atoms with E-state index in [4.69, 9.17) is 13.9 Å². The van der Waals surface area contributed by atoms with Crippen molar-refractivity contribution < 1.29 is 23.5 Å². The van der Waals surface area contributed by atoms with Crippen LogP contribution >= 0.6 is 15.9 Å². The summed E-state index contributed by atoms with van der Waals surface area (Å²) in [5.74, 6) is -0.380. The fourth-order valence-corrected chi connectivity index (χ4v) is 3.00. The first-order chi connectivity index (χ1) is 12.9. The van der Waals surface area contributed by atoms with E-state index in [2.05, 4.69) is 15.9 Å². The van der Waals surface area contributed by atoms with Crippen LogP contribution in [0.5, 0.6) is 5.75 Å². The first kappa shape index (κ1) is 19.2. The minimum Gasteiger partial charge on any atom is -0.462 e. The van der Waals surface area contributed by atoms with Crippen LogP contribution in [-0.4, -0.2) is 18.5 Å². The van der Waals surface area contributed by atoms with Crippen LogP contribution in [0.1, 0.15) is 31.1 Å². The molecule has 0 radical (unpaired) electrons. The molecule has 0 amide bonds. The topological polar surface area (TPSA) is 65.7 Å². The Morgan fingerprint density at radius 2 is 1.85 bits per heavy atom. The third-order valence-corrected chi connectivity index (χ3v) is 4.56. The first-order valence-corrected chi connectivity index (χ1v) is 9.42. The summed E-state index contributed by atoms with van der Waals surface area (Å²) in [7, 11) is 0. The first-order valence-electron chi connectivity index (χ1n) is 8.62. The lowest BCUT2D eigenvalue weighted by Crippen LogP contribution is -2.15. The quantitative estimate of drug-likeness (QED) is 0.389. The summed E-state index contributed by atoms with van der Waals surface area (Å²) in [6, 6.07) is 12.6. The van der Waals surface area contributed by atoms with Gasteiger partial charge in [-0.05, 0) is 35.0 Å². The van der Waals surface area contributed by atoms with Gasteiger partial charge in [0, 0.05) is 10.9 Å². The van der Waals surface area contributed by atoms with Crippen molar-refractivity contribution >= 4 is 38.8 Å².